The number of nitriles is 1. The van der Waals surface area contributed by atoms with Crippen molar-refractivity contribution < 1.29 is 14.3 Å². The van der Waals surface area contributed by atoms with E-state index in [-0.39, 0.29) is 18.9 Å². The van der Waals surface area contributed by atoms with Gasteiger partial charge in [0.15, 0.2) is 5.41 Å². The highest BCUT2D eigenvalue weighted by Gasteiger charge is 2.59. The van der Waals surface area contributed by atoms with Crippen molar-refractivity contribution in [1.29, 1.82) is 5.26 Å². The number of aldehydes is 1. The number of esters is 1. The van der Waals surface area contributed by atoms with Gasteiger partial charge >= 0.3 is 5.97 Å². The van der Waals surface area contributed by atoms with Crippen LogP contribution in [0.1, 0.15) is 24.8 Å². The van der Waals surface area contributed by atoms with E-state index < -0.39 is 23.2 Å². The van der Waals surface area contributed by atoms with Gasteiger partial charge in [-0.2, -0.15) is 5.26 Å². The summed E-state index contributed by atoms with van der Waals surface area (Å²) in [5.41, 5.74) is -0.541. The van der Waals surface area contributed by atoms with E-state index in [2.05, 4.69) is 12.6 Å². The summed E-state index contributed by atoms with van der Waals surface area (Å²) in [6, 6.07) is 11.4. The highest BCUT2D eigenvalue weighted by atomic mass is 16.5. The average Bonchev–Trinajstić information content (AvgIpc) is 2.90. The Balaban J connectivity index is 2.59. The highest BCUT2D eigenvalue weighted by Crippen LogP contribution is 2.55. The van der Waals surface area contributed by atoms with E-state index in [1.165, 1.54) is 0 Å². The van der Waals surface area contributed by atoms with Gasteiger partial charge in [0.1, 0.15) is 6.29 Å². The molecule has 2 rings (SSSR count). The maximum atomic E-state index is 12.5. The number of ether oxygens (including phenoxy) is 1. The number of hydrogen-bond donors (Lipinski definition) is 0. The van der Waals surface area contributed by atoms with Crippen molar-refractivity contribution in [3.8, 4) is 6.07 Å². The first-order valence-electron chi connectivity index (χ1n) is 7.35. The summed E-state index contributed by atoms with van der Waals surface area (Å²) in [5.74, 6) is -1.74. The SMILES string of the molecule is C=C[C@H]1C[C@@](C#N)(C(=O)OCC)[C@H](c2ccccc2)[C@H]1C=O. The smallest absolute Gasteiger partial charge is 0.327 e. The summed E-state index contributed by atoms with van der Waals surface area (Å²) >= 11 is 0. The van der Waals surface area contributed by atoms with Crippen molar-refractivity contribution in [2.45, 2.75) is 19.3 Å². The van der Waals surface area contributed by atoms with Crippen LogP contribution in [-0.4, -0.2) is 18.9 Å². The van der Waals surface area contributed by atoms with Crippen LogP contribution in [-0.2, 0) is 14.3 Å². The molecule has 0 heterocycles. The molecule has 0 N–H and O–H groups in total. The maximum absolute atomic E-state index is 12.5. The zero-order valence-electron chi connectivity index (χ0n) is 12.6. The molecular weight excluding hydrogens is 278 g/mol. The number of hydrogen-bond acceptors (Lipinski definition) is 4. The van der Waals surface area contributed by atoms with Crippen LogP contribution in [0.5, 0.6) is 0 Å². The first-order valence-corrected chi connectivity index (χ1v) is 7.35. The number of nitrogens with zero attached hydrogens (tertiary/aromatic N) is 1. The van der Waals surface area contributed by atoms with E-state index in [9.17, 15) is 14.9 Å². The van der Waals surface area contributed by atoms with Crippen molar-refractivity contribution in [3.05, 3.63) is 48.6 Å². The lowest BCUT2D eigenvalue weighted by atomic mass is 9.73. The molecule has 1 saturated carbocycles. The van der Waals surface area contributed by atoms with Crippen LogP contribution in [0.15, 0.2) is 43.0 Å². The molecule has 1 aliphatic carbocycles. The second-order valence-corrected chi connectivity index (χ2v) is 5.51. The van der Waals surface area contributed by atoms with E-state index in [1.54, 1.807) is 13.0 Å². The van der Waals surface area contributed by atoms with Gasteiger partial charge in [0.2, 0.25) is 0 Å². The zero-order chi connectivity index (χ0) is 16.2. The van der Waals surface area contributed by atoms with Gasteiger partial charge in [-0.3, -0.25) is 4.79 Å². The Morgan fingerprint density at radius 2 is 2.18 bits per heavy atom. The lowest BCUT2D eigenvalue weighted by molar-refractivity contribution is -0.152. The molecular formula is C18H19NO3. The number of carbonyl (C=O) groups excluding carboxylic acids is 2. The van der Waals surface area contributed by atoms with E-state index >= 15 is 0 Å². The molecule has 1 aromatic carbocycles. The molecule has 1 fully saturated rings. The number of rotatable bonds is 5. The molecule has 0 aliphatic heterocycles. The molecule has 4 heteroatoms. The number of carbonyl (C=O) groups is 2. The van der Waals surface area contributed by atoms with Gasteiger partial charge in [-0.05, 0) is 24.8 Å². The summed E-state index contributed by atoms with van der Waals surface area (Å²) in [5, 5.41) is 9.77. The lowest BCUT2D eigenvalue weighted by Crippen LogP contribution is -2.36. The minimum Gasteiger partial charge on any atom is -0.465 e. The maximum Gasteiger partial charge on any atom is 0.327 e. The summed E-state index contributed by atoms with van der Waals surface area (Å²) in [4.78, 5) is 24.1. The Morgan fingerprint density at radius 3 is 2.68 bits per heavy atom. The minimum absolute atomic E-state index is 0.203. The third kappa shape index (κ3) is 2.43. The monoisotopic (exact) mass is 297 g/mol. The normalized spacial score (nSPS) is 30.3. The summed E-state index contributed by atoms with van der Waals surface area (Å²) < 4.78 is 5.15. The Morgan fingerprint density at radius 1 is 1.50 bits per heavy atom. The standard InChI is InChI=1S/C18H19NO3/c1-3-13-10-18(12-19,17(21)22-4-2)16(15(13)11-20)14-8-6-5-7-9-14/h3,5-9,11,13,15-16H,1,4,10H2,2H3/t13-,15-,16+,18-/m0/s1. The Bertz CT molecular complexity index is 605. The predicted octanol–water partition coefficient (Wildman–Crippen LogP) is 2.86. The molecule has 0 saturated heterocycles. The number of allylic oxidation sites excluding steroid dienone is 1. The van der Waals surface area contributed by atoms with Gasteiger partial charge in [0, 0.05) is 11.8 Å². The first kappa shape index (κ1) is 16.0. The van der Waals surface area contributed by atoms with Crippen LogP contribution in [0.25, 0.3) is 0 Å². The molecule has 4 nitrogen and oxygen atoms in total. The van der Waals surface area contributed by atoms with Crippen molar-refractivity contribution in [1.82, 2.24) is 0 Å². The van der Waals surface area contributed by atoms with Gasteiger partial charge in [-0.1, -0.05) is 36.4 Å². The van der Waals surface area contributed by atoms with Crippen molar-refractivity contribution in [2.75, 3.05) is 6.61 Å². The quantitative estimate of drug-likeness (QED) is 0.476. The zero-order valence-corrected chi connectivity index (χ0v) is 12.6. The van der Waals surface area contributed by atoms with Crippen molar-refractivity contribution in [3.63, 3.8) is 0 Å². The fourth-order valence-electron chi connectivity index (χ4n) is 3.43. The summed E-state index contributed by atoms with van der Waals surface area (Å²) in [6.07, 6.45) is 2.75. The second-order valence-electron chi connectivity index (χ2n) is 5.51. The molecule has 0 unspecified atom stereocenters. The van der Waals surface area contributed by atoms with E-state index in [1.807, 2.05) is 30.3 Å². The summed E-state index contributed by atoms with van der Waals surface area (Å²) in [6.45, 7) is 5.66. The van der Waals surface area contributed by atoms with Crippen LogP contribution in [0.2, 0.25) is 0 Å². The molecule has 0 bridgehead atoms. The molecule has 0 radical (unpaired) electrons. The van der Waals surface area contributed by atoms with Crippen LogP contribution in [0, 0.1) is 28.6 Å². The Labute approximate surface area is 130 Å². The number of benzene rings is 1. The van der Waals surface area contributed by atoms with Crippen LogP contribution in [0.3, 0.4) is 0 Å². The van der Waals surface area contributed by atoms with Gasteiger partial charge in [0.25, 0.3) is 0 Å². The molecule has 1 aromatic rings. The summed E-state index contributed by atoms with van der Waals surface area (Å²) in [7, 11) is 0. The minimum atomic E-state index is -1.35. The third-order valence-electron chi connectivity index (χ3n) is 4.43. The van der Waals surface area contributed by atoms with Gasteiger partial charge in [-0.15, -0.1) is 6.58 Å². The van der Waals surface area contributed by atoms with Crippen LogP contribution < -0.4 is 0 Å². The molecule has 1 aliphatic rings. The lowest BCUT2D eigenvalue weighted by Gasteiger charge is -2.28. The topological polar surface area (TPSA) is 67.2 Å². The largest absolute Gasteiger partial charge is 0.465 e. The predicted molar refractivity (Wildman–Crippen MR) is 81.7 cm³/mol. The van der Waals surface area contributed by atoms with Gasteiger partial charge in [-0.25, -0.2) is 0 Å². The van der Waals surface area contributed by atoms with Crippen LogP contribution >= 0.6 is 0 Å². The molecule has 0 aromatic heterocycles. The Hall–Kier alpha value is -2.41. The fraction of sp³-hybridized carbons (Fsp3) is 0.389. The van der Waals surface area contributed by atoms with E-state index in [4.69, 9.17) is 4.74 Å². The van der Waals surface area contributed by atoms with Crippen LogP contribution in [0.4, 0.5) is 0 Å². The fourth-order valence-corrected chi connectivity index (χ4v) is 3.43. The Kier molecular flexibility index (Phi) is 4.77. The second kappa shape index (κ2) is 6.57. The van der Waals surface area contributed by atoms with Crippen molar-refractivity contribution >= 4 is 12.3 Å². The van der Waals surface area contributed by atoms with E-state index in [0.717, 1.165) is 11.8 Å². The highest BCUT2D eigenvalue weighted by molar-refractivity contribution is 5.84. The van der Waals surface area contributed by atoms with Gasteiger partial charge in [0.05, 0.1) is 12.7 Å². The van der Waals surface area contributed by atoms with Crippen molar-refractivity contribution in [2.24, 2.45) is 17.3 Å². The van der Waals surface area contributed by atoms with Gasteiger partial charge < -0.3 is 9.53 Å². The first-order chi connectivity index (χ1) is 10.6. The molecule has 22 heavy (non-hydrogen) atoms. The molecule has 0 spiro atoms. The van der Waals surface area contributed by atoms with E-state index in [0.29, 0.717) is 0 Å². The molecule has 0 amide bonds. The molecule has 4 atom stereocenters. The third-order valence-corrected chi connectivity index (χ3v) is 4.43. The molecule has 114 valence electrons. The average molecular weight is 297 g/mol.